The lowest BCUT2D eigenvalue weighted by atomic mass is 9.77. The zero-order valence-corrected chi connectivity index (χ0v) is 17.4. The van der Waals surface area contributed by atoms with E-state index in [4.69, 9.17) is 26.2 Å². The summed E-state index contributed by atoms with van der Waals surface area (Å²) in [5.41, 5.74) is 1.56. The third-order valence-electron chi connectivity index (χ3n) is 5.28. The van der Waals surface area contributed by atoms with Crippen LogP contribution in [0.1, 0.15) is 37.4 Å². The summed E-state index contributed by atoms with van der Waals surface area (Å²) in [5.74, 6) is -0.624. The Hall–Kier alpha value is -2.57. The third-order valence-corrected chi connectivity index (χ3v) is 5.54. The quantitative estimate of drug-likeness (QED) is 0.573. The van der Waals surface area contributed by atoms with Crippen molar-refractivity contribution in [2.45, 2.75) is 31.8 Å². The summed E-state index contributed by atoms with van der Waals surface area (Å²) >= 11 is 6.04. The van der Waals surface area contributed by atoms with Crippen LogP contribution in [0.4, 0.5) is 10.5 Å². The Morgan fingerprint density at radius 2 is 1.83 bits per heavy atom. The number of carboxylic acid groups (broad SMARTS) is 1. The predicted molar refractivity (Wildman–Crippen MR) is 115 cm³/mol. The number of carbonyl (C=O) groups is 2. The number of hydrogen-bond donors (Lipinski definition) is 2. The lowest BCUT2D eigenvalue weighted by Crippen LogP contribution is -2.29. The van der Waals surface area contributed by atoms with Gasteiger partial charge >= 0.3 is 12.1 Å². The monoisotopic (exact) mass is 431 g/mol. The van der Waals surface area contributed by atoms with Crippen LogP contribution in [0.25, 0.3) is 0 Å². The minimum Gasteiger partial charge on any atom is -0.480 e. The molecule has 6 nitrogen and oxygen atoms in total. The van der Waals surface area contributed by atoms with Gasteiger partial charge in [-0.15, -0.1) is 0 Å². The van der Waals surface area contributed by atoms with Crippen LogP contribution in [0.5, 0.6) is 0 Å². The van der Waals surface area contributed by atoms with Crippen LogP contribution in [0.15, 0.2) is 54.6 Å². The van der Waals surface area contributed by atoms with Gasteiger partial charge in [-0.1, -0.05) is 48.4 Å². The molecule has 3 unspecified atom stereocenters. The molecule has 1 amide bonds. The Morgan fingerprint density at radius 1 is 1.10 bits per heavy atom. The van der Waals surface area contributed by atoms with E-state index >= 15 is 0 Å². The molecule has 2 aromatic carbocycles. The van der Waals surface area contributed by atoms with E-state index in [0.717, 1.165) is 31.2 Å². The number of nitrogens with one attached hydrogen (secondary N) is 1. The first kappa shape index (κ1) is 22.1. The van der Waals surface area contributed by atoms with Crippen LogP contribution in [0.3, 0.4) is 0 Å². The summed E-state index contributed by atoms with van der Waals surface area (Å²) in [4.78, 5) is 23.3. The average Bonchev–Trinajstić information content (AvgIpc) is 2.73. The summed E-state index contributed by atoms with van der Waals surface area (Å²) in [6.45, 7) is 0.101. The molecule has 30 heavy (non-hydrogen) atoms. The number of carbonyl (C=O) groups excluding carboxylic acids is 1. The van der Waals surface area contributed by atoms with Gasteiger partial charge in [-0.2, -0.15) is 0 Å². The molecule has 0 aromatic heterocycles. The molecule has 2 N–H and O–H groups in total. The molecule has 3 atom stereocenters. The molecule has 0 bridgehead atoms. The van der Waals surface area contributed by atoms with Crippen molar-refractivity contribution in [3.63, 3.8) is 0 Å². The number of hydrogen-bond acceptors (Lipinski definition) is 4. The minimum atomic E-state index is -0.970. The van der Waals surface area contributed by atoms with E-state index in [1.165, 1.54) is 0 Å². The van der Waals surface area contributed by atoms with Gasteiger partial charge in [0.25, 0.3) is 0 Å². The molecule has 0 aliphatic heterocycles. The van der Waals surface area contributed by atoms with Crippen molar-refractivity contribution in [1.29, 1.82) is 0 Å². The van der Waals surface area contributed by atoms with E-state index < -0.39 is 18.2 Å². The molecule has 160 valence electrons. The zero-order chi connectivity index (χ0) is 21.3. The highest BCUT2D eigenvalue weighted by atomic mass is 35.5. The van der Waals surface area contributed by atoms with Gasteiger partial charge in [0, 0.05) is 16.6 Å². The fourth-order valence-electron chi connectivity index (χ4n) is 3.94. The summed E-state index contributed by atoms with van der Waals surface area (Å²) in [6, 6.07) is 16.5. The molecule has 3 rings (SSSR count). The summed E-state index contributed by atoms with van der Waals surface area (Å²) in [7, 11) is 0. The van der Waals surface area contributed by atoms with Gasteiger partial charge < -0.3 is 14.6 Å². The summed E-state index contributed by atoms with van der Waals surface area (Å²) < 4.78 is 11.2. The first-order valence-corrected chi connectivity index (χ1v) is 10.5. The first-order chi connectivity index (χ1) is 14.5. The van der Waals surface area contributed by atoms with Gasteiger partial charge in [0.05, 0.1) is 6.61 Å². The van der Waals surface area contributed by atoms with E-state index in [9.17, 15) is 9.59 Å². The molecular weight excluding hydrogens is 406 g/mol. The molecule has 1 aliphatic rings. The average molecular weight is 432 g/mol. The van der Waals surface area contributed by atoms with Gasteiger partial charge in [-0.05, 0) is 55.0 Å². The number of para-hydroxylation sites is 1. The zero-order valence-electron chi connectivity index (χ0n) is 16.6. The lowest BCUT2D eigenvalue weighted by molar-refractivity contribution is -0.142. The molecule has 7 heteroatoms. The van der Waals surface area contributed by atoms with Crippen molar-refractivity contribution in [3.05, 3.63) is 65.2 Å². The third kappa shape index (κ3) is 6.75. The predicted octanol–water partition coefficient (Wildman–Crippen LogP) is 5.54. The lowest BCUT2D eigenvalue weighted by Gasteiger charge is -2.34. The van der Waals surface area contributed by atoms with Crippen LogP contribution in [0, 0.1) is 11.8 Å². The van der Waals surface area contributed by atoms with Crippen LogP contribution in [-0.4, -0.2) is 30.4 Å². The van der Waals surface area contributed by atoms with Crippen molar-refractivity contribution in [1.82, 2.24) is 0 Å². The molecule has 1 fully saturated rings. The van der Waals surface area contributed by atoms with Gasteiger partial charge in [0.2, 0.25) is 0 Å². The SMILES string of the molecule is O=C(O)COCC1CCCC(C(OC(=O)Nc2ccccc2)c2ccc(Cl)cc2)C1. The van der Waals surface area contributed by atoms with E-state index in [0.29, 0.717) is 17.3 Å². The van der Waals surface area contributed by atoms with Crippen LogP contribution < -0.4 is 5.32 Å². The number of anilines is 1. The summed E-state index contributed by atoms with van der Waals surface area (Å²) in [5, 5.41) is 12.2. The topological polar surface area (TPSA) is 84.9 Å². The van der Waals surface area contributed by atoms with E-state index in [1.807, 2.05) is 30.3 Å². The number of carboxylic acids is 1. The van der Waals surface area contributed by atoms with Crippen LogP contribution >= 0.6 is 11.6 Å². The van der Waals surface area contributed by atoms with Crippen LogP contribution in [-0.2, 0) is 14.3 Å². The Labute approximate surface area is 181 Å². The van der Waals surface area contributed by atoms with Crippen LogP contribution in [0.2, 0.25) is 5.02 Å². The van der Waals surface area contributed by atoms with Crippen molar-refractivity contribution < 1.29 is 24.2 Å². The number of amides is 1. The number of halogens is 1. The Balaban J connectivity index is 1.69. The molecule has 0 radical (unpaired) electrons. The smallest absolute Gasteiger partial charge is 0.412 e. The second-order valence-corrected chi connectivity index (χ2v) is 8.01. The second kappa shape index (κ2) is 11.0. The fraction of sp³-hybridized carbons (Fsp3) is 0.391. The highest BCUT2D eigenvalue weighted by Crippen LogP contribution is 2.40. The highest BCUT2D eigenvalue weighted by molar-refractivity contribution is 6.30. The fourth-order valence-corrected chi connectivity index (χ4v) is 4.07. The number of aliphatic carboxylic acids is 1. The molecule has 0 spiro atoms. The Bertz CT molecular complexity index is 827. The molecule has 1 saturated carbocycles. The first-order valence-electron chi connectivity index (χ1n) is 10.1. The van der Waals surface area contributed by atoms with Crippen molar-refractivity contribution in [2.24, 2.45) is 11.8 Å². The molecule has 0 saturated heterocycles. The van der Waals surface area contributed by atoms with Gasteiger partial charge in [-0.25, -0.2) is 9.59 Å². The molecular formula is C23H26ClNO5. The number of benzene rings is 2. The van der Waals surface area contributed by atoms with Crippen molar-refractivity contribution in [3.8, 4) is 0 Å². The molecule has 2 aromatic rings. The summed E-state index contributed by atoms with van der Waals surface area (Å²) in [6.07, 6.45) is 2.73. The van der Waals surface area contributed by atoms with Crippen molar-refractivity contribution in [2.75, 3.05) is 18.5 Å². The maximum absolute atomic E-state index is 12.6. The Morgan fingerprint density at radius 3 is 2.53 bits per heavy atom. The van der Waals surface area contributed by atoms with Gasteiger partial charge in [0.1, 0.15) is 12.7 Å². The van der Waals surface area contributed by atoms with Gasteiger partial charge in [-0.3, -0.25) is 5.32 Å². The normalized spacial score (nSPS) is 19.6. The van der Waals surface area contributed by atoms with Crippen molar-refractivity contribution >= 4 is 29.4 Å². The minimum absolute atomic E-state index is 0.111. The van der Waals surface area contributed by atoms with Gasteiger partial charge in [0.15, 0.2) is 0 Å². The molecule has 0 heterocycles. The molecule has 1 aliphatic carbocycles. The maximum Gasteiger partial charge on any atom is 0.412 e. The van der Waals surface area contributed by atoms with E-state index in [2.05, 4.69) is 5.32 Å². The largest absolute Gasteiger partial charge is 0.480 e. The van der Waals surface area contributed by atoms with E-state index in [-0.39, 0.29) is 18.4 Å². The number of rotatable bonds is 8. The Kier molecular flexibility index (Phi) is 8.11. The number of ether oxygens (including phenoxy) is 2. The van der Waals surface area contributed by atoms with E-state index in [1.54, 1.807) is 24.3 Å². The second-order valence-electron chi connectivity index (χ2n) is 7.57. The standard InChI is InChI=1S/C23H26ClNO5/c24-19-11-9-17(10-12-19)22(30-23(28)25-20-7-2-1-3-8-20)18-6-4-5-16(13-18)14-29-15-21(26)27/h1-3,7-12,16,18,22H,4-6,13-15H2,(H,25,28)(H,26,27). The highest BCUT2D eigenvalue weighted by Gasteiger charge is 2.32. The maximum atomic E-state index is 12.6.